The third-order valence-electron chi connectivity index (χ3n) is 4.97. The molecule has 2 aromatic rings. The SMILES string of the molecule is CCn1ccc(C(C)NC(=O)CCCCCN2C(=O)c3ccccc3C2=O)n1. The van der Waals surface area contributed by atoms with Gasteiger partial charge < -0.3 is 5.32 Å². The smallest absolute Gasteiger partial charge is 0.261 e. The summed E-state index contributed by atoms with van der Waals surface area (Å²) in [5.74, 6) is -0.461. The summed E-state index contributed by atoms with van der Waals surface area (Å²) in [7, 11) is 0. The molecule has 0 saturated heterocycles. The van der Waals surface area contributed by atoms with Crippen LogP contribution < -0.4 is 5.32 Å². The quantitative estimate of drug-likeness (QED) is 0.534. The van der Waals surface area contributed by atoms with E-state index in [0.29, 0.717) is 36.9 Å². The predicted octanol–water partition coefficient (Wildman–Crippen LogP) is 2.94. The Morgan fingerprint density at radius 3 is 2.36 bits per heavy atom. The highest BCUT2D eigenvalue weighted by Gasteiger charge is 2.34. The van der Waals surface area contributed by atoms with Gasteiger partial charge in [-0.3, -0.25) is 24.0 Å². The van der Waals surface area contributed by atoms with Crippen molar-refractivity contribution in [1.82, 2.24) is 20.0 Å². The Morgan fingerprint density at radius 2 is 1.75 bits per heavy atom. The number of aryl methyl sites for hydroxylation is 1. The van der Waals surface area contributed by atoms with Gasteiger partial charge in [-0.2, -0.15) is 5.10 Å². The molecule has 1 aliphatic heterocycles. The fourth-order valence-electron chi connectivity index (χ4n) is 3.35. The van der Waals surface area contributed by atoms with Crippen LogP contribution in [0.15, 0.2) is 36.5 Å². The van der Waals surface area contributed by atoms with Crippen LogP contribution in [0.2, 0.25) is 0 Å². The summed E-state index contributed by atoms with van der Waals surface area (Å²) in [4.78, 5) is 38.0. The van der Waals surface area contributed by atoms with Gasteiger partial charge in [0.1, 0.15) is 0 Å². The van der Waals surface area contributed by atoms with Crippen molar-refractivity contribution in [2.24, 2.45) is 0 Å². The van der Waals surface area contributed by atoms with Crippen molar-refractivity contribution in [2.45, 2.75) is 52.1 Å². The largest absolute Gasteiger partial charge is 0.348 e. The lowest BCUT2D eigenvalue weighted by atomic mass is 10.1. The van der Waals surface area contributed by atoms with Gasteiger partial charge in [-0.05, 0) is 44.9 Å². The molecule has 0 aliphatic carbocycles. The first-order chi connectivity index (χ1) is 13.5. The second-order valence-electron chi connectivity index (χ2n) is 7.00. The van der Waals surface area contributed by atoms with Crippen molar-refractivity contribution >= 4 is 17.7 Å². The summed E-state index contributed by atoms with van der Waals surface area (Å²) in [5, 5.41) is 7.36. The second kappa shape index (κ2) is 8.82. The van der Waals surface area contributed by atoms with Crippen LogP contribution in [0.3, 0.4) is 0 Å². The number of rotatable bonds is 9. The summed E-state index contributed by atoms with van der Waals surface area (Å²) in [6.07, 6.45) is 4.50. The summed E-state index contributed by atoms with van der Waals surface area (Å²) in [6.45, 7) is 5.12. The summed E-state index contributed by atoms with van der Waals surface area (Å²) in [5.41, 5.74) is 1.80. The van der Waals surface area contributed by atoms with Gasteiger partial charge >= 0.3 is 0 Å². The van der Waals surface area contributed by atoms with E-state index in [4.69, 9.17) is 0 Å². The summed E-state index contributed by atoms with van der Waals surface area (Å²) >= 11 is 0. The Morgan fingerprint density at radius 1 is 1.07 bits per heavy atom. The molecule has 0 fully saturated rings. The number of aromatic nitrogens is 2. The zero-order chi connectivity index (χ0) is 20.1. The number of carbonyl (C=O) groups is 3. The van der Waals surface area contributed by atoms with Crippen molar-refractivity contribution in [3.8, 4) is 0 Å². The van der Waals surface area contributed by atoms with Gasteiger partial charge in [0.05, 0.1) is 22.9 Å². The maximum absolute atomic E-state index is 12.3. The van der Waals surface area contributed by atoms with E-state index < -0.39 is 0 Å². The number of fused-ring (bicyclic) bond motifs is 1. The van der Waals surface area contributed by atoms with Crippen molar-refractivity contribution < 1.29 is 14.4 Å². The summed E-state index contributed by atoms with van der Waals surface area (Å²) in [6, 6.07) is 8.68. The van der Waals surface area contributed by atoms with Crippen LogP contribution >= 0.6 is 0 Å². The van der Waals surface area contributed by atoms with Gasteiger partial charge in [0.25, 0.3) is 11.8 Å². The molecule has 1 unspecified atom stereocenters. The maximum atomic E-state index is 12.3. The zero-order valence-electron chi connectivity index (χ0n) is 16.4. The number of amides is 3. The van der Waals surface area contributed by atoms with Crippen LogP contribution in [0, 0.1) is 0 Å². The monoisotopic (exact) mass is 382 g/mol. The van der Waals surface area contributed by atoms with Crippen LogP contribution in [0.1, 0.15) is 72.0 Å². The average molecular weight is 382 g/mol. The second-order valence-corrected chi connectivity index (χ2v) is 7.00. The number of hydrogen-bond acceptors (Lipinski definition) is 4. The lowest BCUT2D eigenvalue weighted by Gasteiger charge is -2.14. The molecule has 0 spiro atoms. The first kappa shape index (κ1) is 19.8. The minimum atomic E-state index is -0.223. The first-order valence-electron chi connectivity index (χ1n) is 9.79. The number of benzene rings is 1. The van der Waals surface area contributed by atoms with Crippen LogP contribution in [-0.2, 0) is 11.3 Å². The molecule has 7 nitrogen and oxygen atoms in total. The van der Waals surface area contributed by atoms with E-state index in [1.54, 1.807) is 24.3 Å². The third kappa shape index (κ3) is 4.30. The summed E-state index contributed by atoms with van der Waals surface area (Å²) < 4.78 is 1.83. The predicted molar refractivity (Wildman–Crippen MR) is 105 cm³/mol. The molecular weight excluding hydrogens is 356 g/mol. The van der Waals surface area contributed by atoms with Crippen molar-refractivity contribution in [1.29, 1.82) is 0 Å². The van der Waals surface area contributed by atoms with E-state index in [1.807, 2.05) is 30.8 Å². The molecule has 7 heteroatoms. The highest BCUT2D eigenvalue weighted by Crippen LogP contribution is 2.22. The van der Waals surface area contributed by atoms with E-state index in [1.165, 1.54) is 4.90 Å². The molecule has 1 atom stereocenters. The van der Waals surface area contributed by atoms with Gasteiger partial charge in [0.2, 0.25) is 5.91 Å². The Balaban J connectivity index is 1.36. The number of nitrogens with one attached hydrogen (secondary N) is 1. The molecule has 0 bridgehead atoms. The van der Waals surface area contributed by atoms with Gasteiger partial charge in [0.15, 0.2) is 0 Å². The van der Waals surface area contributed by atoms with Crippen LogP contribution in [0.5, 0.6) is 0 Å². The van der Waals surface area contributed by atoms with Crippen molar-refractivity contribution in [3.63, 3.8) is 0 Å². The number of unbranched alkanes of at least 4 members (excludes halogenated alkanes) is 2. The number of imide groups is 1. The zero-order valence-corrected chi connectivity index (χ0v) is 16.4. The van der Waals surface area contributed by atoms with Gasteiger partial charge in [-0.1, -0.05) is 18.6 Å². The van der Waals surface area contributed by atoms with Gasteiger partial charge in [0, 0.05) is 25.7 Å². The van der Waals surface area contributed by atoms with Gasteiger partial charge in [-0.25, -0.2) is 0 Å². The lowest BCUT2D eigenvalue weighted by molar-refractivity contribution is -0.121. The molecule has 0 saturated carbocycles. The Labute approximate surface area is 164 Å². The normalized spacial score (nSPS) is 14.3. The Bertz CT molecular complexity index is 839. The van der Waals surface area contributed by atoms with Crippen molar-refractivity contribution in [3.05, 3.63) is 53.3 Å². The van der Waals surface area contributed by atoms with Crippen molar-refractivity contribution in [2.75, 3.05) is 6.54 Å². The number of carbonyl (C=O) groups excluding carboxylic acids is 3. The molecular formula is C21H26N4O3. The Hall–Kier alpha value is -2.96. The molecule has 148 valence electrons. The van der Waals surface area contributed by atoms with Crippen LogP contribution in [-0.4, -0.2) is 38.9 Å². The number of hydrogen-bond donors (Lipinski definition) is 1. The minimum Gasteiger partial charge on any atom is -0.348 e. The van der Waals surface area contributed by atoms with Gasteiger partial charge in [-0.15, -0.1) is 0 Å². The average Bonchev–Trinajstić information content (AvgIpc) is 3.27. The molecule has 28 heavy (non-hydrogen) atoms. The molecule has 1 aliphatic rings. The highest BCUT2D eigenvalue weighted by molar-refractivity contribution is 6.21. The van der Waals surface area contributed by atoms with Crippen LogP contribution in [0.25, 0.3) is 0 Å². The van der Waals surface area contributed by atoms with E-state index in [-0.39, 0.29) is 23.8 Å². The first-order valence-corrected chi connectivity index (χ1v) is 9.79. The van der Waals surface area contributed by atoms with E-state index in [0.717, 1.165) is 18.7 Å². The standard InChI is InChI=1S/C21H26N4O3/c1-3-24-14-12-18(23-24)15(2)22-19(26)11-5-4-8-13-25-20(27)16-9-6-7-10-17(16)21(25)28/h6-7,9-10,12,14-15H,3-5,8,11,13H2,1-2H3,(H,22,26). The number of nitrogens with zero attached hydrogens (tertiary/aromatic N) is 3. The lowest BCUT2D eigenvalue weighted by Crippen LogP contribution is -2.30. The molecule has 1 aromatic heterocycles. The molecule has 0 radical (unpaired) electrons. The molecule has 3 amide bonds. The highest BCUT2D eigenvalue weighted by atomic mass is 16.2. The fraction of sp³-hybridized carbons (Fsp3) is 0.429. The molecule has 1 N–H and O–H groups in total. The van der Waals surface area contributed by atoms with E-state index in [2.05, 4.69) is 10.4 Å². The fourth-order valence-corrected chi connectivity index (χ4v) is 3.35. The maximum Gasteiger partial charge on any atom is 0.261 e. The van der Waals surface area contributed by atoms with E-state index >= 15 is 0 Å². The molecule has 2 heterocycles. The topological polar surface area (TPSA) is 84.3 Å². The Kier molecular flexibility index (Phi) is 6.23. The van der Waals surface area contributed by atoms with Crippen LogP contribution in [0.4, 0.5) is 0 Å². The molecule has 3 rings (SSSR count). The minimum absolute atomic E-state index is 0.0146. The van der Waals surface area contributed by atoms with E-state index in [9.17, 15) is 14.4 Å². The molecule has 1 aromatic carbocycles. The third-order valence-corrected chi connectivity index (χ3v) is 4.97.